The fourth-order valence-corrected chi connectivity index (χ4v) is 0.759. The van der Waals surface area contributed by atoms with Crippen molar-refractivity contribution in [2.75, 3.05) is 0 Å². The fourth-order valence-electron chi connectivity index (χ4n) is 0.759. The van der Waals surface area contributed by atoms with E-state index in [9.17, 15) is 4.79 Å². The minimum atomic E-state index is 0. The van der Waals surface area contributed by atoms with E-state index in [-0.39, 0.29) is 13.5 Å². The predicted octanol–water partition coefficient (Wildman–Crippen LogP) is 2.51. The van der Waals surface area contributed by atoms with Crippen LogP contribution in [0.15, 0.2) is 0 Å². The monoisotopic (exact) mass is 162 g/mol. The van der Waals surface area contributed by atoms with Gasteiger partial charge in [0.25, 0.3) is 0 Å². The van der Waals surface area contributed by atoms with Crippen molar-refractivity contribution in [3.63, 3.8) is 0 Å². The number of carbonyl (C=O) groups is 1. The molecule has 0 radical (unpaired) electrons. The third-order valence-electron chi connectivity index (χ3n) is 1.31. The number of hydrogen-bond acceptors (Lipinski definition) is 1. The molecule has 0 atom stereocenters. The third-order valence-corrected chi connectivity index (χ3v) is 1.31. The Hall–Kier alpha value is 0.0200. The first-order valence-corrected chi connectivity index (χ1v) is 3.62. The van der Waals surface area contributed by atoms with E-state index in [1.165, 1.54) is 6.42 Å². The summed E-state index contributed by atoms with van der Waals surface area (Å²) < 4.78 is 0. The minimum absolute atomic E-state index is 0. The molecule has 1 nitrogen and oxygen atoms in total. The van der Waals surface area contributed by atoms with Crippen molar-refractivity contribution >= 4 is 19.3 Å². The number of rotatable bonds is 4. The van der Waals surface area contributed by atoms with Crippen LogP contribution in [0.3, 0.4) is 0 Å². The Morgan fingerprint density at radius 2 is 1.90 bits per heavy atom. The van der Waals surface area contributed by atoms with Crippen LogP contribution in [0.2, 0.25) is 0 Å². The second-order valence-electron chi connectivity index (χ2n) is 2.99. The maximum Gasteiger partial charge on any atom is 0.129 e. The van der Waals surface area contributed by atoms with Crippen LogP contribution >= 0.6 is 13.5 Å². The zero-order valence-electron chi connectivity index (χ0n) is 7.11. The highest BCUT2D eigenvalue weighted by molar-refractivity contribution is 7.59. The molecule has 0 aromatic heterocycles. The van der Waals surface area contributed by atoms with E-state index in [0.717, 1.165) is 18.8 Å². The summed E-state index contributed by atoms with van der Waals surface area (Å²) in [5.41, 5.74) is 0. The van der Waals surface area contributed by atoms with Crippen LogP contribution in [0.1, 0.15) is 40.0 Å². The van der Waals surface area contributed by atoms with Gasteiger partial charge in [-0.25, -0.2) is 0 Å². The van der Waals surface area contributed by atoms with Crippen LogP contribution in [0.4, 0.5) is 0 Å². The predicted molar refractivity (Wildman–Crippen MR) is 49.8 cm³/mol. The van der Waals surface area contributed by atoms with Gasteiger partial charge in [-0.1, -0.05) is 20.3 Å². The van der Waals surface area contributed by atoms with Crippen molar-refractivity contribution in [3.05, 3.63) is 0 Å². The lowest BCUT2D eigenvalue weighted by Crippen LogP contribution is -1.92. The molecule has 0 bridgehead atoms. The molecule has 0 saturated carbocycles. The molecule has 0 N–H and O–H groups in total. The number of Topliss-reactive ketones (excluding diaryl/α,β-unsaturated/α-hetero) is 1. The van der Waals surface area contributed by atoms with Gasteiger partial charge in [0.1, 0.15) is 5.78 Å². The lowest BCUT2D eigenvalue weighted by molar-refractivity contribution is -0.117. The van der Waals surface area contributed by atoms with E-state index in [2.05, 4.69) is 13.8 Å². The molecule has 0 saturated heterocycles. The summed E-state index contributed by atoms with van der Waals surface area (Å²) >= 11 is 0. The molecular formula is C8H18OS. The largest absolute Gasteiger partial charge is 0.300 e. The summed E-state index contributed by atoms with van der Waals surface area (Å²) in [6.45, 7) is 6.01. The third kappa shape index (κ3) is 10.9. The highest BCUT2D eigenvalue weighted by Crippen LogP contribution is 2.05. The average Bonchev–Trinajstić information content (AvgIpc) is 1.63. The Balaban J connectivity index is 0. The van der Waals surface area contributed by atoms with Crippen molar-refractivity contribution in [2.24, 2.45) is 5.92 Å². The standard InChI is InChI=1S/C8H16O.H2S/c1-7(2)5-4-6-8(3)9;/h7H,4-6H2,1-3H3;1H2. The molecule has 0 amide bonds. The Kier molecular flexibility index (Phi) is 9.04. The van der Waals surface area contributed by atoms with Crippen molar-refractivity contribution in [1.82, 2.24) is 0 Å². The molecule has 0 rings (SSSR count). The molecule has 10 heavy (non-hydrogen) atoms. The van der Waals surface area contributed by atoms with E-state index in [1.807, 2.05) is 0 Å². The van der Waals surface area contributed by atoms with E-state index in [1.54, 1.807) is 6.92 Å². The van der Waals surface area contributed by atoms with E-state index in [0.29, 0.717) is 5.78 Å². The first-order chi connectivity index (χ1) is 4.13. The molecule has 0 aliphatic rings. The molecule has 62 valence electrons. The molecule has 0 unspecified atom stereocenters. The molecule has 0 aromatic rings. The number of ketones is 1. The van der Waals surface area contributed by atoms with E-state index < -0.39 is 0 Å². The Morgan fingerprint density at radius 3 is 2.20 bits per heavy atom. The summed E-state index contributed by atoms with van der Waals surface area (Å²) in [6, 6.07) is 0. The van der Waals surface area contributed by atoms with Gasteiger partial charge in [-0.15, -0.1) is 0 Å². The van der Waals surface area contributed by atoms with E-state index in [4.69, 9.17) is 0 Å². The number of carbonyl (C=O) groups excluding carboxylic acids is 1. The van der Waals surface area contributed by atoms with Crippen LogP contribution in [0.5, 0.6) is 0 Å². The van der Waals surface area contributed by atoms with E-state index >= 15 is 0 Å². The SMILES string of the molecule is CC(=O)CCCC(C)C.S. The lowest BCUT2D eigenvalue weighted by Gasteiger charge is -2.00. The summed E-state index contributed by atoms with van der Waals surface area (Å²) in [5, 5.41) is 0. The summed E-state index contributed by atoms with van der Waals surface area (Å²) in [6.07, 6.45) is 3.00. The molecule has 0 aliphatic carbocycles. The second kappa shape index (κ2) is 7.13. The highest BCUT2D eigenvalue weighted by Gasteiger charge is 1.95. The van der Waals surface area contributed by atoms with Gasteiger partial charge < -0.3 is 4.79 Å². The maximum atomic E-state index is 10.4. The number of hydrogen-bond donors (Lipinski definition) is 0. The van der Waals surface area contributed by atoms with Gasteiger partial charge in [0, 0.05) is 6.42 Å². The van der Waals surface area contributed by atoms with Gasteiger partial charge in [0.15, 0.2) is 0 Å². The summed E-state index contributed by atoms with van der Waals surface area (Å²) in [5.74, 6) is 1.06. The first kappa shape index (κ1) is 12.7. The molecule has 2 heteroatoms. The fraction of sp³-hybridized carbons (Fsp3) is 0.875. The zero-order valence-corrected chi connectivity index (χ0v) is 8.11. The van der Waals surface area contributed by atoms with Crippen molar-refractivity contribution in [1.29, 1.82) is 0 Å². The Labute approximate surface area is 70.6 Å². The topological polar surface area (TPSA) is 17.1 Å². The molecule has 0 aromatic carbocycles. The lowest BCUT2D eigenvalue weighted by atomic mass is 10.1. The molecule has 0 spiro atoms. The van der Waals surface area contributed by atoms with Gasteiger partial charge in [0.2, 0.25) is 0 Å². The molecular weight excluding hydrogens is 144 g/mol. The van der Waals surface area contributed by atoms with Crippen molar-refractivity contribution in [2.45, 2.75) is 40.0 Å². The summed E-state index contributed by atoms with van der Waals surface area (Å²) in [7, 11) is 0. The van der Waals surface area contributed by atoms with Gasteiger partial charge in [0.05, 0.1) is 0 Å². The first-order valence-electron chi connectivity index (χ1n) is 3.62. The average molecular weight is 162 g/mol. The molecule has 0 heterocycles. The Bertz CT molecular complexity index is 89.3. The van der Waals surface area contributed by atoms with Gasteiger partial charge >= 0.3 is 0 Å². The van der Waals surface area contributed by atoms with Crippen LogP contribution in [0, 0.1) is 5.92 Å². The Morgan fingerprint density at radius 1 is 1.40 bits per heavy atom. The van der Waals surface area contributed by atoms with Gasteiger partial charge in [-0.05, 0) is 19.3 Å². The van der Waals surface area contributed by atoms with Crippen LogP contribution < -0.4 is 0 Å². The van der Waals surface area contributed by atoms with Crippen LogP contribution in [-0.4, -0.2) is 5.78 Å². The quantitative estimate of drug-likeness (QED) is 0.621. The van der Waals surface area contributed by atoms with Crippen LogP contribution in [0.25, 0.3) is 0 Å². The highest BCUT2D eigenvalue weighted by atomic mass is 32.1. The summed E-state index contributed by atoms with van der Waals surface area (Å²) in [4.78, 5) is 10.4. The molecule has 0 aliphatic heterocycles. The van der Waals surface area contributed by atoms with Gasteiger partial charge in [-0.2, -0.15) is 13.5 Å². The smallest absolute Gasteiger partial charge is 0.129 e. The minimum Gasteiger partial charge on any atom is -0.300 e. The maximum absolute atomic E-state index is 10.4. The van der Waals surface area contributed by atoms with Crippen LogP contribution in [-0.2, 0) is 4.79 Å². The van der Waals surface area contributed by atoms with Crippen molar-refractivity contribution in [3.8, 4) is 0 Å². The second-order valence-corrected chi connectivity index (χ2v) is 2.99. The van der Waals surface area contributed by atoms with Gasteiger partial charge in [-0.3, -0.25) is 0 Å². The zero-order chi connectivity index (χ0) is 7.28. The van der Waals surface area contributed by atoms with Crippen molar-refractivity contribution < 1.29 is 4.79 Å². The molecule has 0 fully saturated rings. The normalized spacial score (nSPS) is 9.20.